The van der Waals surface area contributed by atoms with E-state index in [1.54, 1.807) is 0 Å². The molecule has 1 nitrogen and oxygen atoms in total. The molecule has 0 bridgehead atoms. The zero-order valence-electron chi connectivity index (χ0n) is 12.5. The molecule has 2 rings (SSSR count). The van der Waals surface area contributed by atoms with E-state index in [-0.39, 0.29) is 0 Å². The highest BCUT2D eigenvalue weighted by molar-refractivity contribution is 5.58. The standard InChI is InChI=1S/C18H26O/c1-5-16-7-6-8-17(12-16)15(4)19-18-10-13(2)9-14(3)11-18/h6-8,12-14,18H,4-5,9-11H2,1-3H3. The molecular formula is C18H26O. The minimum absolute atomic E-state index is 0.344. The van der Waals surface area contributed by atoms with Crippen molar-refractivity contribution in [2.75, 3.05) is 0 Å². The molecule has 19 heavy (non-hydrogen) atoms. The summed E-state index contributed by atoms with van der Waals surface area (Å²) in [5.41, 5.74) is 2.47. The molecule has 2 unspecified atom stereocenters. The highest BCUT2D eigenvalue weighted by Crippen LogP contribution is 2.32. The fourth-order valence-electron chi connectivity index (χ4n) is 3.20. The minimum Gasteiger partial charge on any atom is -0.490 e. The van der Waals surface area contributed by atoms with E-state index >= 15 is 0 Å². The SMILES string of the molecule is C=C(OC1CC(C)CC(C)C1)c1cccc(CC)c1. The van der Waals surface area contributed by atoms with Crippen LogP contribution in [-0.4, -0.2) is 6.10 Å². The van der Waals surface area contributed by atoms with Crippen molar-refractivity contribution in [3.05, 3.63) is 42.0 Å². The fraction of sp³-hybridized carbons (Fsp3) is 0.556. The number of rotatable bonds is 4. The molecule has 0 heterocycles. The lowest BCUT2D eigenvalue weighted by Gasteiger charge is -2.32. The van der Waals surface area contributed by atoms with Gasteiger partial charge in [-0.1, -0.05) is 45.5 Å². The van der Waals surface area contributed by atoms with Crippen molar-refractivity contribution in [1.29, 1.82) is 0 Å². The molecule has 1 aliphatic carbocycles. The molecule has 0 N–H and O–H groups in total. The van der Waals surface area contributed by atoms with Crippen molar-refractivity contribution in [3.63, 3.8) is 0 Å². The summed E-state index contributed by atoms with van der Waals surface area (Å²) in [6.45, 7) is 10.9. The number of benzene rings is 1. The van der Waals surface area contributed by atoms with Gasteiger partial charge in [-0.05, 0) is 49.1 Å². The van der Waals surface area contributed by atoms with Crippen LogP contribution >= 0.6 is 0 Å². The molecule has 1 aromatic rings. The molecule has 1 saturated carbocycles. The van der Waals surface area contributed by atoms with Gasteiger partial charge in [0.15, 0.2) is 0 Å². The maximum Gasteiger partial charge on any atom is 0.119 e. The molecule has 104 valence electrons. The third-order valence-corrected chi connectivity index (χ3v) is 4.10. The maximum absolute atomic E-state index is 6.12. The zero-order valence-corrected chi connectivity index (χ0v) is 12.5. The van der Waals surface area contributed by atoms with Crippen LogP contribution in [0.1, 0.15) is 51.2 Å². The van der Waals surface area contributed by atoms with Crippen molar-refractivity contribution in [2.24, 2.45) is 11.8 Å². The largest absolute Gasteiger partial charge is 0.490 e. The first-order valence-electron chi connectivity index (χ1n) is 7.53. The molecule has 0 aliphatic heterocycles. The van der Waals surface area contributed by atoms with Gasteiger partial charge in [-0.2, -0.15) is 0 Å². The summed E-state index contributed by atoms with van der Waals surface area (Å²) in [5, 5.41) is 0. The predicted molar refractivity (Wildman–Crippen MR) is 81.9 cm³/mol. The number of aryl methyl sites for hydroxylation is 1. The average Bonchev–Trinajstić information content (AvgIpc) is 2.37. The van der Waals surface area contributed by atoms with Crippen LogP contribution < -0.4 is 0 Å². The summed E-state index contributed by atoms with van der Waals surface area (Å²) in [5.74, 6) is 2.37. The Morgan fingerprint density at radius 3 is 2.53 bits per heavy atom. The number of hydrogen-bond acceptors (Lipinski definition) is 1. The lowest BCUT2D eigenvalue weighted by Crippen LogP contribution is -2.25. The molecular weight excluding hydrogens is 232 g/mol. The second-order valence-electron chi connectivity index (χ2n) is 6.13. The molecule has 1 aromatic carbocycles. The van der Waals surface area contributed by atoms with E-state index in [0.29, 0.717) is 6.10 Å². The van der Waals surface area contributed by atoms with Crippen molar-refractivity contribution in [2.45, 2.75) is 52.6 Å². The van der Waals surface area contributed by atoms with E-state index < -0.39 is 0 Å². The first-order chi connectivity index (χ1) is 9.08. The highest BCUT2D eigenvalue weighted by Gasteiger charge is 2.25. The zero-order chi connectivity index (χ0) is 13.8. The molecule has 0 amide bonds. The second kappa shape index (κ2) is 6.27. The summed E-state index contributed by atoms with van der Waals surface area (Å²) in [6, 6.07) is 8.53. The lowest BCUT2D eigenvalue weighted by molar-refractivity contribution is 0.0783. The Bertz CT molecular complexity index is 425. The van der Waals surface area contributed by atoms with Crippen molar-refractivity contribution < 1.29 is 4.74 Å². The van der Waals surface area contributed by atoms with Crippen LogP contribution in [-0.2, 0) is 11.2 Å². The van der Waals surface area contributed by atoms with E-state index in [1.807, 2.05) is 0 Å². The first-order valence-corrected chi connectivity index (χ1v) is 7.53. The van der Waals surface area contributed by atoms with Gasteiger partial charge >= 0.3 is 0 Å². The molecule has 1 heteroatoms. The molecule has 0 spiro atoms. The Balaban J connectivity index is 2.00. The van der Waals surface area contributed by atoms with E-state index in [9.17, 15) is 0 Å². The van der Waals surface area contributed by atoms with E-state index in [4.69, 9.17) is 4.74 Å². The predicted octanol–water partition coefficient (Wildman–Crippen LogP) is 5.06. The molecule has 2 atom stereocenters. The van der Waals surface area contributed by atoms with Crippen LogP contribution in [0.3, 0.4) is 0 Å². The van der Waals surface area contributed by atoms with Crippen LogP contribution in [0.4, 0.5) is 0 Å². The Morgan fingerprint density at radius 2 is 1.89 bits per heavy atom. The minimum atomic E-state index is 0.344. The van der Waals surface area contributed by atoms with Gasteiger partial charge in [0.2, 0.25) is 0 Å². The van der Waals surface area contributed by atoms with Crippen LogP contribution in [0.25, 0.3) is 5.76 Å². The normalized spacial score (nSPS) is 27.0. The lowest BCUT2D eigenvalue weighted by atomic mass is 9.82. The highest BCUT2D eigenvalue weighted by atomic mass is 16.5. The fourth-order valence-corrected chi connectivity index (χ4v) is 3.20. The molecule has 0 aromatic heterocycles. The van der Waals surface area contributed by atoms with E-state index in [2.05, 4.69) is 51.6 Å². The van der Waals surface area contributed by atoms with Gasteiger partial charge in [-0.25, -0.2) is 0 Å². The molecule has 0 radical (unpaired) electrons. The van der Waals surface area contributed by atoms with Crippen molar-refractivity contribution in [3.8, 4) is 0 Å². The third kappa shape index (κ3) is 3.86. The van der Waals surface area contributed by atoms with Crippen LogP contribution in [0.15, 0.2) is 30.8 Å². The topological polar surface area (TPSA) is 9.23 Å². The van der Waals surface area contributed by atoms with E-state index in [1.165, 1.54) is 12.0 Å². The summed E-state index contributed by atoms with van der Waals surface area (Å²) < 4.78 is 6.12. The van der Waals surface area contributed by atoms with Crippen molar-refractivity contribution in [1.82, 2.24) is 0 Å². The third-order valence-electron chi connectivity index (χ3n) is 4.10. The number of hydrogen-bond donors (Lipinski definition) is 0. The Kier molecular flexibility index (Phi) is 4.68. The Hall–Kier alpha value is -1.24. The Labute approximate surface area is 117 Å². The molecule has 0 saturated heterocycles. The summed E-state index contributed by atoms with van der Waals surface area (Å²) in [4.78, 5) is 0. The average molecular weight is 258 g/mol. The summed E-state index contributed by atoms with van der Waals surface area (Å²) >= 11 is 0. The van der Waals surface area contributed by atoms with Gasteiger partial charge < -0.3 is 4.74 Å². The molecule has 1 fully saturated rings. The first kappa shape index (κ1) is 14.2. The maximum atomic E-state index is 6.12. The van der Waals surface area contributed by atoms with Crippen LogP contribution in [0.2, 0.25) is 0 Å². The van der Waals surface area contributed by atoms with Gasteiger partial charge in [-0.15, -0.1) is 0 Å². The van der Waals surface area contributed by atoms with Gasteiger partial charge in [-0.3, -0.25) is 0 Å². The molecule has 1 aliphatic rings. The number of ether oxygens (including phenoxy) is 1. The van der Waals surface area contributed by atoms with Gasteiger partial charge in [0.25, 0.3) is 0 Å². The summed E-state index contributed by atoms with van der Waals surface area (Å²) in [6.07, 6.45) is 5.06. The Morgan fingerprint density at radius 1 is 1.21 bits per heavy atom. The smallest absolute Gasteiger partial charge is 0.119 e. The van der Waals surface area contributed by atoms with Crippen LogP contribution in [0.5, 0.6) is 0 Å². The van der Waals surface area contributed by atoms with Gasteiger partial charge in [0, 0.05) is 5.56 Å². The quantitative estimate of drug-likeness (QED) is 0.686. The van der Waals surface area contributed by atoms with Crippen LogP contribution in [0, 0.1) is 11.8 Å². The van der Waals surface area contributed by atoms with Crippen molar-refractivity contribution >= 4 is 5.76 Å². The van der Waals surface area contributed by atoms with Gasteiger partial charge in [0.1, 0.15) is 5.76 Å². The second-order valence-corrected chi connectivity index (χ2v) is 6.13. The van der Waals surface area contributed by atoms with Gasteiger partial charge in [0.05, 0.1) is 6.10 Å². The summed E-state index contributed by atoms with van der Waals surface area (Å²) in [7, 11) is 0. The van der Waals surface area contributed by atoms with E-state index in [0.717, 1.165) is 42.4 Å². The monoisotopic (exact) mass is 258 g/mol.